The fraction of sp³-hybridized carbons (Fsp3) is 0.148. The predicted molar refractivity (Wildman–Crippen MR) is 133 cm³/mol. The maximum absolute atomic E-state index is 12.9. The lowest BCUT2D eigenvalue weighted by atomic mass is 10.1. The number of ether oxygens (including phenoxy) is 2. The molecule has 1 N–H and O–H groups in total. The van der Waals surface area contributed by atoms with Gasteiger partial charge in [0, 0.05) is 5.69 Å². The van der Waals surface area contributed by atoms with E-state index in [1.54, 1.807) is 31.2 Å². The molecule has 0 saturated heterocycles. The molecule has 34 heavy (non-hydrogen) atoms. The first-order valence-electron chi connectivity index (χ1n) is 10.8. The van der Waals surface area contributed by atoms with Crippen molar-refractivity contribution in [2.24, 2.45) is 5.10 Å². The van der Waals surface area contributed by atoms with Crippen LogP contribution in [-0.2, 0) is 9.59 Å². The first kappa shape index (κ1) is 22.8. The van der Waals surface area contributed by atoms with Crippen LogP contribution >= 0.6 is 0 Å². The van der Waals surface area contributed by atoms with E-state index in [4.69, 9.17) is 9.47 Å². The van der Waals surface area contributed by atoms with Crippen LogP contribution in [0.15, 0.2) is 83.5 Å². The van der Waals surface area contributed by atoms with Crippen molar-refractivity contribution in [3.05, 3.63) is 89.5 Å². The average Bonchev–Trinajstić information content (AvgIpc) is 3.12. The van der Waals surface area contributed by atoms with Crippen LogP contribution < -0.4 is 19.8 Å². The largest absolute Gasteiger partial charge is 0.493 e. The molecule has 0 spiro atoms. The Bertz CT molecular complexity index is 1280. The SMILES string of the molecule is COc1cc(/C=C2/C(=O)N(c3ccccc3)N=C2C)ccc1OCC(=O)Nc1cccc(C)c1. The maximum Gasteiger partial charge on any atom is 0.280 e. The zero-order valence-electron chi connectivity index (χ0n) is 19.2. The molecule has 0 atom stereocenters. The van der Waals surface area contributed by atoms with Crippen molar-refractivity contribution in [1.29, 1.82) is 0 Å². The fourth-order valence-corrected chi connectivity index (χ4v) is 3.55. The molecular weight excluding hydrogens is 430 g/mol. The van der Waals surface area contributed by atoms with Crippen LogP contribution in [0.1, 0.15) is 18.1 Å². The van der Waals surface area contributed by atoms with Gasteiger partial charge in [0.1, 0.15) is 0 Å². The second-order valence-corrected chi connectivity index (χ2v) is 7.81. The Morgan fingerprint density at radius 3 is 2.53 bits per heavy atom. The van der Waals surface area contributed by atoms with Crippen molar-refractivity contribution in [1.82, 2.24) is 0 Å². The van der Waals surface area contributed by atoms with E-state index in [-0.39, 0.29) is 18.4 Å². The predicted octanol–water partition coefficient (Wildman–Crippen LogP) is 4.83. The summed E-state index contributed by atoms with van der Waals surface area (Å²) in [6.07, 6.45) is 1.76. The molecule has 4 rings (SSSR count). The van der Waals surface area contributed by atoms with Gasteiger partial charge in [-0.1, -0.05) is 36.4 Å². The number of benzene rings is 3. The minimum absolute atomic E-state index is 0.166. The van der Waals surface area contributed by atoms with Crippen LogP contribution in [0, 0.1) is 6.92 Å². The van der Waals surface area contributed by atoms with Gasteiger partial charge in [0.25, 0.3) is 11.8 Å². The van der Waals surface area contributed by atoms with E-state index >= 15 is 0 Å². The van der Waals surface area contributed by atoms with Crippen molar-refractivity contribution in [3.63, 3.8) is 0 Å². The summed E-state index contributed by atoms with van der Waals surface area (Å²) in [4.78, 5) is 25.2. The summed E-state index contributed by atoms with van der Waals surface area (Å²) in [6, 6.07) is 22.1. The van der Waals surface area contributed by atoms with Gasteiger partial charge in [0.15, 0.2) is 18.1 Å². The van der Waals surface area contributed by atoms with E-state index in [9.17, 15) is 9.59 Å². The van der Waals surface area contributed by atoms with Gasteiger partial charge in [-0.25, -0.2) is 0 Å². The zero-order valence-corrected chi connectivity index (χ0v) is 19.2. The van der Waals surface area contributed by atoms with Crippen molar-refractivity contribution < 1.29 is 19.1 Å². The Labute approximate surface area is 198 Å². The first-order chi connectivity index (χ1) is 16.4. The van der Waals surface area contributed by atoms with Crippen LogP contribution in [0.4, 0.5) is 11.4 Å². The lowest BCUT2D eigenvalue weighted by Crippen LogP contribution is -2.21. The topological polar surface area (TPSA) is 80.2 Å². The summed E-state index contributed by atoms with van der Waals surface area (Å²) in [6.45, 7) is 3.59. The number of hydrogen-bond acceptors (Lipinski definition) is 5. The molecule has 0 saturated carbocycles. The van der Waals surface area contributed by atoms with E-state index in [2.05, 4.69) is 10.4 Å². The van der Waals surface area contributed by atoms with E-state index in [0.717, 1.165) is 11.1 Å². The highest BCUT2D eigenvalue weighted by atomic mass is 16.5. The third-order valence-corrected chi connectivity index (χ3v) is 5.22. The first-order valence-corrected chi connectivity index (χ1v) is 10.8. The number of carbonyl (C=O) groups excluding carboxylic acids is 2. The third-order valence-electron chi connectivity index (χ3n) is 5.22. The molecule has 172 valence electrons. The average molecular weight is 456 g/mol. The highest BCUT2D eigenvalue weighted by Crippen LogP contribution is 2.30. The number of hydrazone groups is 1. The van der Waals surface area contributed by atoms with Gasteiger partial charge in [-0.2, -0.15) is 10.1 Å². The molecule has 2 amide bonds. The number of hydrogen-bond donors (Lipinski definition) is 1. The van der Waals surface area contributed by atoms with Gasteiger partial charge in [-0.15, -0.1) is 0 Å². The third kappa shape index (κ3) is 5.15. The van der Waals surface area contributed by atoms with E-state index in [1.165, 1.54) is 12.1 Å². The second kappa shape index (κ2) is 10.0. The van der Waals surface area contributed by atoms with Gasteiger partial charge < -0.3 is 14.8 Å². The minimum Gasteiger partial charge on any atom is -0.493 e. The van der Waals surface area contributed by atoms with Crippen molar-refractivity contribution in [3.8, 4) is 11.5 Å². The minimum atomic E-state index is -0.275. The van der Waals surface area contributed by atoms with Gasteiger partial charge in [0.2, 0.25) is 0 Å². The number of aryl methyl sites for hydroxylation is 1. The van der Waals surface area contributed by atoms with Crippen LogP contribution in [0.3, 0.4) is 0 Å². The lowest BCUT2D eigenvalue weighted by molar-refractivity contribution is -0.118. The molecule has 1 aliphatic rings. The molecule has 0 aromatic heterocycles. The molecule has 0 bridgehead atoms. The summed E-state index contributed by atoms with van der Waals surface area (Å²) in [5.41, 5.74) is 4.35. The van der Waals surface area contributed by atoms with Gasteiger partial charge >= 0.3 is 0 Å². The monoisotopic (exact) mass is 455 g/mol. The van der Waals surface area contributed by atoms with Crippen molar-refractivity contribution in [2.45, 2.75) is 13.8 Å². The van der Waals surface area contributed by atoms with Gasteiger partial charge in [-0.3, -0.25) is 9.59 Å². The highest BCUT2D eigenvalue weighted by molar-refractivity contribution is 6.32. The van der Waals surface area contributed by atoms with Crippen molar-refractivity contribution >= 4 is 35.0 Å². The van der Waals surface area contributed by atoms with Crippen LogP contribution in [0.2, 0.25) is 0 Å². The molecule has 0 aliphatic carbocycles. The number of methoxy groups -OCH3 is 1. The number of nitrogens with zero attached hydrogens (tertiary/aromatic N) is 2. The summed E-state index contributed by atoms with van der Waals surface area (Å²) in [5.74, 6) is 0.412. The molecule has 1 aliphatic heterocycles. The molecular formula is C27H25N3O4. The summed E-state index contributed by atoms with van der Waals surface area (Å²) in [5, 5.41) is 8.60. The standard InChI is InChI=1S/C27H25N3O4/c1-18-8-7-9-21(14-18)28-26(31)17-34-24-13-12-20(16-25(24)33-3)15-23-19(2)29-30(27(23)32)22-10-5-4-6-11-22/h4-16H,17H2,1-3H3,(H,28,31)/b23-15+. The Morgan fingerprint density at radius 1 is 1.00 bits per heavy atom. The molecule has 3 aromatic carbocycles. The lowest BCUT2D eigenvalue weighted by Gasteiger charge is -2.12. The normalized spacial score (nSPS) is 14.2. The smallest absolute Gasteiger partial charge is 0.280 e. The Kier molecular flexibility index (Phi) is 6.73. The number of rotatable bonds is 7. The summed E-state index contributed by atoms with van der Waals surface area (Å²) in [7, 11) is 1.52. The molecule has 7 nitrogen and oxygen atoms in total. The number of para-hydroxylation sites is 1. The molecule has 7 heteroatoms. The van der Waals surface area contributed by atoms with Crippen LogP contribution in [-0.4, -0.2) is 31.2 Å². The Balaban J connectivity index is 1.46. The zero-order chi connectivity index (χ0) is 24.1. The quantitative estimate of drug-likeness (QED) is 0.518. The number of anilines is 2. The molecule has 3 aromatic rings. The van der Waals surface area contributed by atoms with E-state index in [1.807, 2.05) is 61.5 Å². The number of nitrogens with one attached hydrogen (secondary N) is 1. The Hall–Kier alpha value is -4.39. The van der Waals surface area contributed by atoms with E-state index in [0.29, 0.717) is 34.2 Å². The molecule has 0 radical (unpaired) electrons. The van der Waals surface area contributed by atoms with Crippen LogP contribution in [0.25, 0.3) is 6.08 Å². The molecule has 0 fully saturated rings. The number of carbonyl (C=O) groups is 2. The molecule has 1 heterocycles. The summed E-state index contributed by atoms with van der Waals surface area (Å²) >= 11 is 0. The second-order valence-electron chi connectivity index (χ2n) is 7.81. The van der Waals surface area contributed by atoms with Gasteiger partial charge in [-0.05, 0) is 67.4 Å². The fourth-order valence-electron chi connectivity index (χ4n) is 3.55. The maximum atomic E-state index is 12.9. The van der Waals surface area contributed by atoms with Gasteiger partial charge in [0.05, 0.1) is 24.1 Å². The highest BCUT2D eigenvalue weighted by Gasteiger charge is 2.28. The van der Waals surface area contributed by atoms with Crippen LogP contribution in [0.5, 0.6) is 11.5 Å². The molecule has 0 unspecified atom stereocenters. The summed E-state index contributed by atoms with van der Waals surface area (Å²) < 4.78 is 11.1. The number of amides is 2. The Morgan fingerprint density at radius 2 is 1.79 bits per heavy atom. The van der Waals surface area contributed by atoms with Crippen molar-refractivity contribution in [2.75, 3.05) is 24.0 Å². The van der Waals surface area contributed by atoms with E-state index < -0.39 is 0 Å².